The van der Waals surface area contributed by atoms with Crippen molar-refractivity contribution in [2.75, 3.05) is 0 Å². The zero-order valence-electron chi connectivity index (χ0n) is 14.0. The maximum atomic E-state index is 11.8. The lowest BCUT2D eigenvalue weighted by molar-refractivity contribution is -0.140. The van der Waals surface area contributed by atoms with Crippen LogP contribution in [0.2, 0.25) is 15.1 Å². The summed E-state index contributed by atoms with van der Waals surface area (Å²) in [7, 11) is 0. The predicted octanol–water partition coefficient (Wildman–Crippen LogP) is 6.86. The molecule has 134 valence electrons. The molecule has 0 aliphatic heterocycles. The average molecular weight is 408 g/mol. The molecule has 0 aliphatic carbocycles. The summed E-state index contributed by atoms with van der Waals surface area (Å²) in [4.78, 5) is 11.8. The van der Waals surface area contributed by atoms with Crippen LogP contribution in [-0.4, -0.2) is 12.1 Å². The Bertz CT molecular complexity index is 837. The van der Waals surface area contributed by atoms with Gasteiger partial charge in [0.15, 0.2) is 0 Å². The van der Waals surface area contributed by atoms with Crippen molar-refractivity contribution >= 4 is 52.9 Å². The summed E-state index contributed by atoms with van der Waals surface area (Å²) in [5.74, 6) is -0.426. The molecule has 2 rings (SSSR count). The van der Waals surface area contributed by atoms with Crippen LogP contribution in [0.15, 0.2) is 66.8 Å². The number of benzene rings is 2. The van der Waals surface area contributed by atoms with Crippen molar-refractivity contribution in [1.82, 2.24) is 0 Å². The van der Waals surface area contributed by atoms with Gasteiger partial charge in [-0.1, -0.05) is 77.3 Å². The van der Waals surface area contributed by atoms with E-state index in [4.69, 9.17) is 39.5 Å². The number of halogens is 3. The van der Waals surface area contributed by atoms with Crippen LogP contribution in [0.1, 0.15) is 18.1 Å². The van der Waals surface area contributed by atoms with Crippen LogP contribution in [0.25, 0.3) is 12.2 Å². The first-order valence-corrected chi connectivity index (χ1v) is 9.01. The number of rotatable bonds is 6. The molecule has 0 saturated heterocycles. The summed E-state index contributed by atoms with van der Waals surface area (Å²) >= 11 is 17.8. The first-order chi connectivity index (χ1) is 12.4. The third kappa shape index (κ3) is 7.09. The van der Waals surface area contributed by atoms with Gasteiger partial charge in [-0.2, -0.15) is 0 Å². The lowest BCUT2D eigenvalue weighted by Gasteiger charge is -2.06. The van der Waals surface area contributed by atoms with Crippen LogP contribution in [0, 0.1) is 0 Å². The Hall–Kier alpha value is -2.00. The van der Waals surface area contributed by atoms with E-state index >= 15 is 0 Å². The van der Waals surface area contributed by atoms with Gasteiger partial charge in [-0.3, -0.25) is 0 Å². The monoisotopic (exact) mass is 406 g/mol. The first kappa shape index (κ1) is 20.3. The van der Waals surface area contributed by atoms with E-state index in [0.717, 1.165) is 11.1 Å². The molecule has 0 saturated carbocycles. The number of hydrogen-bond acceptors (Lipinski definition) is 2. The Morgan fingerprint density at radius 1 is 0.962 bits per heavy atom. The largest absolute Gasteiger partial charge is 0.455 e. The highest BCUT2D eigenvalue weighted by Crippen LogP contribution is 2.21. The quantitative estimate of drug-likeness (QED) is 0.297. The van der Waals surface area contributed by atoms with Gasteiger partial charge in [0.25, 0.3) is 0 Å². The van der Waals surface area contributed by atoms with E-state index in [9.17, 15) is 4.79 Å². The van der Waals surface area contributed by atoms with Crippen LogP contribution in [0.4, 0.5) is 0 Å². The number of allylic oxidation sites excluding steroid dienone is 2. The second kappa shape index (κ2) is 10.2. The zero-order valence-corrected chi connectivity index (χ0v) is 16.3. The van der Waals surface area contributed by atoms with Gasteiger partial charge in [-0.15, -0.1) is 0 Å². The van der Waals surface area contributed by atoms with Crippen LogP contribution in [0.3, 0.4) is 0 Å². The van der Waals surface area contributed by atoms with Crippen molar-refractivity contribution < 1.29 is 9.53 Å². The standard InChI is InChI=1S/C21H17Cl3O2/c1-15(6-7-16-8-11-18(22)12-9-16)26-21(25)5-3-2-4-17-10-13-19(23)14-20(17)24/h2-15H,1H3. The van der Waals surface area contributed by atoms with Gasteiger partial charge in [0.2, 0.25) is 0 Å². The molecule has 0 spiro atoms. The van der Waals surface area contributed by atoms with E-state index in [1.54, 1.807) is 61.6 Å². The molecule has 0 fully saturated rings. The lowest BCUT2D eigenvalue weighted by atomic mass is 10.2. The van der Waals surface area contributed by atoms with Crippen molar-refractivity contribution in [3.63, 3.8) is 0 Å². The molecule has 0 aliphatic rings. The van der Waals surface area contributed by atoms with Crippen LogP contribution >= 0.6 is 34.8 Å². The first-order valence-electron chi connectivity index (χ1n) is 7.88. The van der Waals surface area contributed by atoms with Crippen molar-refractivity contribution in [1.29, 1.82) is 0 Å². The molecular weight excluding hydrogens is 391 g/mol. The van der Waals surface area contributed by atoms with Gasteiger partial charge in [-0.05, 0) is 48.4 Å². The molecule has 1 atom stereocenters. The molecule has 26 heavy (non-hydrogen) atoms. The van der Waals surface area contributed by atoms with Gasteiger partial charge >= 0.3 is 5.97 Å². The minimum absolute atomic E-state index is 0.350. The summed E-state index contributed by atoms with van der Waals surface area (Å²) in [5, 5.41) is 1.80. The molecule has 0 N–H and O–H groups in total. The lowest BCUT2D eigenvalue weighted by Crippen LogP contribution is -2.09. The van der Waals surface area contributed by atoms with Gasteiger partial charge in [0.05, 0.1) is 0 Å². The molecule has 2 nitrogen and oxygen atoms in total. The highest BCUT2D eigenvalue weighted by atomic mass is 35.5. The molecule has 2 aromatic carbocycles. The predicted molar refractivity (Wildman–Crippen MR) is 111 cm³/mol. The number of esters is 1. The second-order valence-corrected chi connectivity index (χ2v) is 6.72. The van der Waals surface area contributed by atoms with Gasteiger partial charge in [-0.25, -0.2) is 4.79 Å². The van der Waals surface area contributed by atoms with Crippen molar-refractivity contribution in [2.45, 2.75) is 13.0 Å². The van der Waals surface area contributed by atoms with Crippen molar-refractivity contribution in [3.8, 4) is 0 Å². The highest BCUT2D eigenvalue weighted by Gasteiger charge is 2.02. The van der Waals surface area contributed by atoms with E-state index in [-0.39, 0.29) is 6.10 Å². The topological polar surface area (TPSA) is 26.3 Å². The van der Waals surface area contributed by atoms with E-state index < -0.39 is 5.97 Å². The SMILES string of the molecule is CC(C=Cc1ccc(Cl)cc1)OC(=O)C=CC=Cc1ccc(Cl)cc1Cl. The normalized spacial score (nSPS) is 12.9. The van der Waals surface area contributed by atoms with Gasteiger partial charge in [0, 0.05) is 21.1 Å². The minimum atomic E-state index is -0.426. The number of carbonyl (C=O) groups excluding carboxylic acids is 1. The maximum Gasteiger partial charge on any atom is 0.331 e. The molecule has 0 amide bonds. The molecule has 1 unspecified atom stereocenters. The molecule has 0 radical (unpaired) electrons. The summed E-state index contributed by atoms with van der Waals surface area (Å²) < 4.78 is 5.27. The summed E-state index contributed by atoms with van der Waals surface area (Å²) in [5.41, 5.74) is 1.80. The molecule has 0 heterocycles. The Kier molecular flexibility index (Phi) is 7.99. The van der Waals surface area contributed by atoms with Crippen molar-refractivity contribution in [2.24, 2.45) is 0 Å². The second-order valence-electron chi connectivity index (χ2n) is 5.44. The van der Waals surface area contributed by atoms with Crippen LogP contribution in [-0.2, 0) is 9.53 Å². The van der Waals surface area contributed by atoms with Crippen LogP contribution < -0.4 is 0 Å². The maximum absolute atomic E-state index is 11.8. The summed E-state index contributed by atoms with van der Waals surface area (Å²) in [6.07, 6.45) is 9.78. The Morgan fingerprint density at radius 2 is 1.65 bits per heavy atom. The number of ether oxygens (including phenoxy) is 1. The van der Waals surface area contributed by atoms with E-state index in [2.05, 4.69) is 0 Å². The Labute approximate surface area is 168 Å². The fourth-order valence-electron chi connectivity index (χ4n) is 2.01. The van der Waals surface area contributed by atoms with Gasteiger partial charge in [0.1, 0.15) is 6.10 Å². The van der Waals surface area contributed by atoms with Crippen molar-refractivity contribution in [3.05, 3.63) is 93.0 Å². The third-order valence-corrected chi connectivity index (χ3v) is 4.13. The zero-order chi connectivity index (χ0) is 18.9. The molecule has 2 aromatic rings. The number of hydrogen-bond donors (Lipinski definition) is 0. The van der Waals surface area contributed by atoms with E-state index in [1.807, 2.05) is 18.2 Å². The van der Waals surface area contributed by atoms with E-state index in [1.165, 1.54) is 6.08 Å². The van der Waals surface area contributed by atoms with Crippen LogP contribution in [0.5, 0.6) is 0 Å². The average Bonchev–Trinajstić information content (AvgIpc) is 2.59. The van der Waals surface area contributed by atoms with Gasteiger partial charge < -0.3 is 4.74 Å². The fraction of sp³-hybridized carbons (Fsp3) is 0.0952. The summed E-state index contributed by atoms with van der Waals surface area (Å²) in [6, 6.07) is 12.6. The minimum Gasteiger partial charge on any atom is -0.455 e. The Morgan fingerprint density at radius 3 is 2.35 bits per heavy atom. The van der Waals surface area contributed by atoms with E-state index in [0.29, 0.717) is 15.1 Å². The highest BCUT2D eigenvalue weighted by molar-refractivity contribution is 6.35. The molecule has 0 aromatic heterocycles. The summed E-state index contributed by atoms with van der Waals surface area (Å²) in [6.45, 7) is 1.79. The smallest absolute Gasteiger partial charge is 0.331 e. The fourth-order valence-corrected chi connectivity index (χ4v) is 2.61. The molecular formula is C21H17Cl3O2. The molecule has 5 heteroatoms. The number of carbonyl (C=O) groups is 1. The Balaban J connectivity index is 1.84. The third-order valence-electron chi connectivity index (χ3n) is 3.31. The molecule has 0 bridgehead atoms.